The summed E-state index contributed by atoms with van der Waals surface area (Å²) in [5.74, 6) is 1.59. The minimum atomic E-state index is -0.763. The maximum atomic E-state index is 12.7. The van der Waals surface area contributed by atoms with Gasteiger partial charge < -0.3 is 14.2 Å². The van der Waals surface area contributed by atoms with Crippen LogP contribution in [0.3, 0.4) is 0 Å². The summed E-state index contributed by atoms with van der Waals surface area (Å²) >= 11 is 0. The number of hydrogen-bond acceptors (Lipinski definition) is 6. The van der Waals surface area contributed by atoms with Crippen molar-refractivity contribution in [3.63, 3.8) is 0 Å². The Balaban J connectivity index is 4.24. The fourth-order valence-corrected chi connectivity index (χ4v) is 7.55. The number of ether oxygens (including phenoxy) is 3. The van der Waals surface area contributed by atoms with Crippen LogP contribution in [-0.4, -0.2) is 37.2 Å². The van der Waals surface area contributed by atoms with E-state index in [2.05, 4.69) is 41.5 Å². The van der Waals surface area contributed by atoms with E-state index < -0.39 is 6.10 Å². The zero-order valence-electron chi connectivity index (χ0n) is 39.1. The van der Waals surface area contributed by atoms with Crippen LogP contribution in [0.4, 0.5) is 0 Å². The van der Waals surface area contributed by atoms with E-state index in [1.54, 1.807) is 0 Å². The molecule has 0 radical (unpaired) electrons. The van der Waals surface area contributed by atoms with Crippen molar-refractivity contribution in [2.75, 3.05) is 13.2 Å². The fraction of sp³-hybridized carbons (Fsp3) is 0.941. The SMILES string of the molecule is CCC(C)CCCCCCCCCCC(=O)OC[C@H](COC(=O)CCCCCCCCCCCCCCCCCC(C)C)OC(=O)CCCCCCCCC(C)C. The highest BCUT2D eigenvalue weighted by Gasteiger charge is 2.19. The number of hydrogen-bond donors (Lipinski definition) is 0. The van der Waals surface area contributed by atoms with Crippen LogP contribution in [0.2, 0.25) is 0 Å². The van der Waals surface area contributed by atoms with Crippen molar-refractivity contribution >= 4 is 17.9 Å². The van der Waals surface area contributed by atoms with Crippen molar-refractivity contribution in [3.8, 4) is 0 Å². The summed E-state index contributed by atoms with van der Waals surface area (Å²) in [5.41, 5.74) is 0. The van der Waals surface area contributed by atoms with Gasteiger partial charge in [-0.05, 0) is 37.0 Å². The molecule has 0 aliphatic carbocycles. The Labute approximate surface area is 355 Å². The van der Waals surface area contributed by atoms with Crippen molar-refractivity contribution in [2.45, 2.75) is 279 Å². The van der Waals surface area contributed by atoms with Gasteiger partial charge in [-0.2, -0.15) is 0 Å². The smallest absolute Gasteiger partial charge is 0.306 e. The third-order valence-corrected chi connectivity index (χ3v) is 11.8. The number of carbonyl (C=O) groups excluding carboxylic acids is 3. The Morgan fingerprint density at radius 3 is 0.912 bits per heavy atom. The topological polar surface area (TPSA) is 78.9 Å². The molecule has 0 saturated carbocycles. The molecular formula is C51H98O6. The van der Waals surface area contributed by atoms with Gasteiger partial charge in [0.2, 0.25) is 0 Å². The van der Waals surface area contributed by atoms with Crippen molar-refractivity contribution in [1.82, 2.24) is 0 Å². The van der Waals surface area contributed by atoms with Crippen molar-refractivity contribution < 1.29 is 28.6 Å². The van der Waals surface area contributed by atoms with Crippen LogP contribution < -0.4 is 0 Å². The van der Waals surface area contributed by atoms with Crippen LogP contribution in [-0.2, 0) is 28.6 Å². The largest absolute Gasteiger partial charge is 0.462 e. The van der Waals surface area contributed by atoms with Gasteiger partial charge in [0.1, 0.15) is 13.2 Å². The van der Waals surface area contributed by atoms with Gasteiger partial charge in [-0.15, -0.1) is 0 Å². The summed E-state index contributed by atoms with van der Waals surface area (Å²) in [4.78, 5) is 37.8. The van der Waals surface area contributed by atoms with E-state index in [4.69, 9.17) is 14.2 Å². The first-order valence-electron chi connectivity index (χ1n) is 25.1. The highest BCUT2D eigenvalue weighted by molar-refractivity contribution is 5.71. The molecule has 0 aliphatic heterocycles. The lowest BCUT2D eigenvalue weighted by molar-refractivity contribution is -0.167. The molecule has 0 N–H and O–H groups in total. The highest BCUT2D eigenvalue weighted by atomic mass is 16.6. The van der Waals surface area contributed by atoms with Gasteiger partial charge in [0, 0.05) is 19.3 Å². The molecule has 0 aromatic rings. The predicted molar refractivity (Wildman–Crippen MR) is 243 cm³/mol. The van der Waals surface area contributed by atoms with E-state index >= 15 is 0 Å². The van der Waals surface area contributed by atoms with Crippen LogP contribution in [0.1, 0.15) is 273 Å². The number of esters is 3. The quantitative estimate of drug-likeness (QED) is 0.0347. The van der Waals surface area contributed by atoms with E-state index in [9.17, 15) is 14.4 Å². The fourth-order valence-electron chi connectivity index (χ4n) is 7.55. The van der Waals surface area contributed by atoms with E-state index in [0.29, 0.717) is 19.3 Å². The maximum absolute atomic E-state index is 12.7. The summed E-state index contributed by atoms with van der Waals surface area (Å²) in [6, 6.07) is 0. The van der Waals surface area contributed by atoms with Gasteiger partial charge in [-0.25, -0.2) is 0 Å². The van der Waals surface area contributed by atoms with E-state index in [-0.39, 0.29) is 31.1 Å². The average molecular weight is 807 g/mol. The first kappa shape index (κ1) is 55.4. The lowest BCUT2D eigenvalue weighted by Gasteiger charge is -2.18. The second kappa shape index (κ2) is 42.5. The zero-order chi connectivity index (χ0) is 42.0. The Morgan fingerprint density at radius 2 is 0.614 bits per heavy atom. The van der Waals surface area contributed by atoms with Gasteiger partial charge in [-0.3, -0.25) is 14.4 Å². The molecule has 338 valence electrons. The molecule has 6 heteroatoms. The predicted octanol–water partition coefficient (Wildman–Crippen LogP) is 16.0. The molecule has 0 aliphatic rings. The first-order valence-corrected chi connectivity index (χ1v) is 25.1. The summed E-state index contributed by atoms with van der Waals surface area (Å²) in [6.45, 7) is 13.7. The molecule has 1 unspecified atom stereocenters. The summed E-state index contributed by atoms with van der Waals surface area (Å²) < 4.78 is 16.8. The molecular weight excluding hydrogens is 709 g/mol. The first-order chi connectivity index (χ1) is 27.6. The third-order valence-electron chi connectivity index (χ3n) is 11.8. The standard InChI is InChI=1S/C51H98O6/c1-7-47(6)39-33-27-20-17-18-22-29-35-41-50(53)56-44-48(57-51(54)42-36-30-24-23-26-32-38-46(4)5)43-55-49(52)40-34-28-21-16-14-12-10-8-9-11-13-15-19-25-31-37-45(2)3/h45-48H,7-44H2,1-6H3/t47?,48-/m0/s1. The average Bonchev–Trinajstić information content (AvgIpc) is 3.18. The summed E-state index contributed by atoms with van der Waals surface area (Å²) in [6.07, 6.45) is 41.0. The second-order valence-electron chi connectivity index (χ2n) is 18.6. The van der Waals surface area contributed by atoms with E-state index in [1.807, 2.05) is 0 Å². The van der Waals surface area contributed by atoms with Crippen LogP contribution in [0, 0.1) is 17.8 Å². The van der Waals surface area contributed by atoms with Crippen molar-refractivity contribution in [1.29, 1.82) is 0 Å². The van der Waals surface area contributed by atoms with Crippen LogP contribution in [0.25, 0.3) is 0 Å². The van der Waals surface area contributed by atoms with Gasteiger partial charge >= 0.3 is 17.9 Å². The Kier molecular flexibility index (Phi) is 41.3. The molecule has 0 heterocycles. The second-order valence-corrected chi connectivity index (χ2v) is 18.6. The summed E-state index contributed by atoms with van der Waals surface area (Å²) in [7, 11) is 0. The molecule has 6 nitrogen and oxygen atoms in total. The minimum Gasteiger partial charge on any atom is -0.462 e. The Hall–Kier alpha value is -1.59. The van der Waals surface area contributed by atoms with Crippen LogP contribution in [0.5, 0.6) is 0 Å². The molecule has 0 bridgehead atoms. The van der Waals surface area contributed by atoms with Crippen molar-refractivity contribution in [2.24, 2.45) is 17.8 Å². The molecule has 0 amide bonds. The van der Waals surface area contributed by atoms with Crippen LogP contribution >= 0.6 is 0 Å². The van der Waals surface area contributed by atoms with Crippen LogP contribution in [0.15, 0.2) is 0 Å². The molecule has 0 saturated heterocycles. The lowest BCUT2D eigenvalue weighted by Crippen LogP contribution is -2.30. The van der Waals surface area contributed by atoms with Gasteiger partial charge in [0.25, 0.3) is 0 Å². The van der Waals surface area contributed by atoms with Gasteiger partial charge in [0.15, 0.2) is 6.10 Å². The molecule has 0 spiro atoms. The third kappa shape index (κ3) is 43.8. The molecule has 0 fully saturated rings. The van der Waals surface area contributed by atoms with Gasteiger partial charge in [-0.1, -0.05) is 234 Å². The van der Waals surface area contributed by atoms with E-state index in [1.165, 1.54) is 154 Å². The Bertz CT molecular complexity index is 885. The van der Waals surface area contributed by atoms with Gasteiger partial charge in [0.05, 0.1) is 0 Å². The molecule has 57 heavy (non-hydrogen) atoms. The maximum Gasteiger partial charge on any atom is 0.306 e. The van der Waals surface area contributed by atoms with Crippen molar-refractivity contribution in [3.05, 3.63) is 0 Å². The molecule has 0 aromatic carbocycles. The minimum absolute atomic E-state index is 0.0661. The monoisotopic (exact) mass is 807 g/mol. The summed E-state index contributed by atoms with van der Waals surface area (Å²) in [5, 5.41) is 0. The Morgan fingerprint density at radius 1 is 0.351 bits per heavy atom. The normalized spacial score (nSPS) is 12.6. The zero-order valence-corrected chi connectivity index (χ0v) is 39.1. The highest BCUT2D eigenvalue weighted by Crippen LogP contribution is 2.18. The molecule has 0 aromatic heterocycles. The number of unbranched alkanes of at least 4 members (excludes halogenated alkanes) is 26. The number of carbonyl (C=O) groups is 3. The van der Waals surface area contributed by atoms with E-state index in [0.717, 1.165) is 75.5 Å². The lowest BCUT2D eigenvalue weighted by atomic mass is 9.99. The molecule has 2 atom stereocenters. The molecule has 0 rings (SSSR count). The number of rotatable bonds is 44.